The highest BCUT2D eigenvalue weighted by atomic mass is 35.5. The van der Waals surface area contributed by atoms with Crippen LogP contribution in [0.2, 0.25) is 0 Å². The van der Waals surface area contributed by atoms with Crippen molar-refractivity contribution in [1.29, 1.82) is 0 Å². The van der Waals surface area contributed by atoms with Crippen molar-refractivity contribution >= 4 is 18.2 Å². The van der Waals surface area contributed by atoms with Crippen LogP contribution in [0.4, 0.5) is 5.82 Å². The fraction of sp³-hybridized carbons (Fsp3) is 0.250. The molecule has 0 saturated carbocycles. The summed E-state index contributed by atoms with van der Waals surface area (Å²) in [6.45, 7) is 6.23. The predicted molar refractivity (Wildman–Crippen MR) is 149 cm³/mol. The van der Waals surface area contributed by atoms with E-state index in [1.807, 2.05) is 29.1 Å². The van der Waals surface area contributed by atoms with Crippen LogP contribution in [0.3, 0.4) is 0 Å². The van der Waals surface area contributed by atoms with Gasteiger partial charge in [0.1, 0.15) is 5.82 Å². The standard InChI is InChI=1S/C28H29N9.ClH/c1-22-25(20-36(33-22)26-5-3-2-4-6-26)19-34-15-16-35(28-17-29-11-12-30-28)21-27(34)24-9-7-23(8-10-24)18-37-31-13-14-32-37;/h2-14,17,20,27H,15-16,18-19,21H2,1H3;1H. The first-order chi connectivity index (χ1) is 18.2. The fourth-order valence-corrected chi connectivity index (χ4v) is 4.90. The monoisotopic (exact) mass is 527 g/mol. The van der Waals surface area contributed by atoms with E-state index in [1.165, 1.54) is 16.7 Å². The molecule has 1 fully saturated rings. The second-order valence-corrected chi connectivity index (χ2v) is 9.32. The van der Waals surface area contributed by atoms with Crippen molar-refractivity contribution in [2.75, 3.05) is 24.5 Å². The molecule has 3 aromatic heterocycles. The van der Waals surface area contributed by atoms with E-state index in [0.29, 0.717) is 6.54 Å². The molecule has 0 amide bonds. The molecule has 2 aromatic carbocycles. The molecule has 0 bridgehead atoms. The minimum absolute atomic E-state index is 0. The molecule has 194 valence electrons. The van der Waals surface area contributed by atoms with Gasteiger partial charge < -0.3 is 4.90 Å². The van der Waals surface area contributed by atoms with E-state index in [-0.39, 0.29) is 18.4 Å². The van der Waals surface area contributed by atoms with Crippen LogP contribution in [0.5, 0.6) is 0 Å². The Morgan fingerprint density at radius 3 is 2.39 bits per heavy atom. The molecule has 6 rings (SSSR count). The lowest BCUT2D eigenvalue weighted by atomic mass is 10.00. The van der Waals surface area contributed by atoms with E-state index in [0.717, 1.165) is 43.4 Å². The van der Waals surface area contributed by atoms with Crippen molar-refractivity contribution in [2.24, 2.45) is 0 Å². The smallest absolute Gasteiger partial charge is 0.147 e. The van der Waals surface area contributed by atoms with Crippen molar-refractivity contribution in [1.82, 2.24) is 39.6 Å². The van der Waals surface area contributed by atoms with Gasteiger partial charge in [-0.15, -0.1) is 12.4 Å². The van der Waals surface area contributed by atoms with Gasteiger partial charge in [-0.3, -0.25) is 9.88 Å². The first-order valence-electron chi connectivity index (χ1n) is 12.5. The molecule has 0 spiro atoms. The molecule has 9 nitrogen and oxygen atoms in total. The minimum Gasteiger partial charge on any atom is -0.352 e. The Hall–Kier alpha value is -4.08. The number of benzene rings is 2. The van der Waals surface area contributed by atoms with Gasteiger partial charge in [-0.05, 0) is 30.2 Å². The molecule has 5 aromatic rings. The second-order valence-electron chi connectivity index (χ2n) is 9.32. The van der Waals surface area contributed by atoms with Gasteiger partial charge in [0.2, 0.25) is 0 Å². The number of anilines is 1. The molecule has 1 unspecified atom stereocenters. The van der Waals surface area contributed by atoms with E-state index in [4.69, 9.17) is 5.10 Å². The Bertz CT molecular complexity index is 1420. The van der Waals surface area contributed by atoms with E-state index in [1.54, 1.807) is 29.6 Å². The average Bonchev–Trinajstić information content (AvgIpc) is 3.60. The highest BCUT2D eigenvalue weighted by Gasteiger charge is 2.30. The van der Waals surface area contributed by atoms with Crippen LogP contribution in [-0.2, 0) is 13.1 Å². The van der Waals surface area contributed by atoms with Crippen LogP contribution < -0.4 is 4.90 Å². The number of para-hydroxylation sites is 1. The lowest BCUT2D eigenvalue weighted by Gasteiger charge is -2.42. The van der Waals surface area contributed by atoms with Crippen LogP contribution in [0.15, 0.2) is 91.8 Å². The first kappa shape index (κ1) is 25.6. The van der Waals surface area contributed by atoms with E-state index in [2.05, 4.69) is 79.5 Å². The van der Waals surface area contributed by atoms with Gasteiger partial charge in [0.25, 0.3) is 0 Å². The third-order valence-corrected chi connectivity index (χ3v) is 6.91. The fourth-order valence-electron chi connectivity index (χ4n) is 4.90. The first-order valence-corrected chi connectivity index (χ1v) is 12.5. The predicted octanol–water partition coefficient (Wildman–Crippen LogP) is 4.10. The van der Waals surface area contributed by atoms with Gasteiger partial charge in [-0.1, -0.05) is 42.5 Å². The van der Waals surface area contributed by atoms with E-state index >= 15 is 0 Å². The van der Waals surface area contributed by atoms with Crippen LogP contribution in [-0.4, -0.2) is 59.3 Å². The van der Waals surface area contributed by atoms with E-state index in [9.17, 15) is 0 Å². The lowest BCUT2D eigenvalue weighted by molar-refractivity contribution is 0.168. The summed E-state index contributed by atoms with van der Waals surface area (Å²) in [7, 11) is 0. The van der Waals surface area contributed by atoms with Crippen molar-refractivity contribution in [3.05, 3.63) is 114 Å². The number of halogens is 1. The number of aryl methyl sites for hydroxylation is 1. The molecule has 4 heterocycles. The molecule has 0 N–H and O–H groups in total. The third-order valence-electron chi connectivity index (χ3n) is 6.91. The molecule has 10 heteroatoms. The Morgan fingerprint density at radius 2 is 1.66 bits per heavy atom. The number of hydrogen-bond donors (Lipinski definition) is 0. The molecule has 1 atom stereocenters. The van der Waals surface area contributed by atoms with Gasteiger partial charge in [0, 0.05) is 50.3 Å². The zero-order valence-corrected chi connectivity index (χ0v) is 22.0. The largest absolute Gasteiger partial charge is 0.352 e. The Balaban J connectivity index is 0.00000294. The van der Waals surface area contributed by atoms with Gasteiger partial charge >= 0.3 is 0 Å². The summed E-state index contributed by atoms with van der Waals surface area (Å²) in [5, 5.41) is 13.3. The summed E-state index contributed by atoms with van der Waals surface area (Å²) < 4.78 is 1.98. The number of piperazine rings is 1. The highest BCUT2D eigenvalue weighted by Crippen LogP contribution is 2.30. The average molecular weight is 528 g/mol. The normalized spacial score (nSPS) is 15.8. The number of aromatic nitrogens is 7. The van der Waals surface area contributed by atoms with Crippen molar-refractivity contribution in [3.8, 4) is 5.69 Å². The van der Waals surface area contributed by atoms with Gasteiger partial charge in [-0.25, -0.2) is 9.67 Å². The maximum absolute atomic E-state index is 4.80. The maximum Gasteiger partial charge on any atom is 0.147 e. The number of nitrogens with zero attached hydrogens (tertiary/aromatic N) is 9. The van der Waals surface area contributed by atoms with Crippen LogP contribution in [0.1, 0.15) is 28.4 Å². The molecular weight excluding hydrogens is 498 g/mol. The molecule has 1 aliphatic rings. The summed E-state index contributed by atoms with van der Waals surface area (Å²) in [4.78, 5) is 15.4. The second kappa shape index (κ2) is 11.5. The maximum atomic E-state index is 4.80. The molecule has 0 radical (unpaired) electrons. The van der Waals surface area contributed by atoms with E-state index < -0.39 is 0 Å². The summed E-state index contributed by atoms with van der Waals surface area (Å²) in [6, 6.07) is 19.3. The zero-order chi connectivity index (χ0) is 25.0. The quantitative estimate of drug-likeness (QED) is 0.315. The van der Waals surface area contributed by atoms with Crippen molar-refractivity contribution < 1.29 is 0 Å². The Kier molecular flexibility index (Phi) is 7.76. The summed E-state index contributed by atoms with van der Waals surface area (Å²) in [5.41, 5.74) is 5.82. The van der Waals surface area contributed by atoms with Gasteiger partial charge in [-0.2, -0.15) is 20.1 Å². The van der Waals surface area contributed by atoms with Crippen molar-refractivity contribution in [3.63, 3.8) is 0 Å². The molecule has 1 aliphatic heterocycles. The topological polar surface area (TPSA) is 80.8 Å². The SMILES string of the molecule is Cc1nn(-c2ccccc2)cc1CN1CCN(c2cnccn2)CC1c1ccc(Cn2nccn2)cc1.Cl. The van der Waals surface area contributed by atoms with Crippen LogP contribution >= 0.6 is 12.4 Å². The molecule has 38 heavy (non-hydrogen) atoms. The number of hydrogen-bond acceptors (Lipinski definition) is 7. The molecule has 0 aliphatic carbocycles. The molecule has 1 saturated heterocycles. The van der Waals surface area contributed by atoms with Crippen LogP contribution in [0.25, 0.3) is 5.69 Å². The zero-order valence-electron chi connectivity index (χ0n) is 21.2. The van der Waals surface area contributed by atoms with Crippen molar-refractivity contribution in [2.45, 2.75) is 26.1 Å². The minimum atomic E-state index is 0. The Labute approximate surface area is 228 Å². The van der Waals surface area contributed by atoms with Gasteiger partial charge in [0.05, 0.1) is 42.6 Å². The highest BCUT2D eigenvalue weighted by molar-refractivity contribution is 5.85. The summed E-state index contributed by atoms with van der Waals surface area (Å²) in [5.74, 6) is 0.918. The molecular formula is C28H30ClN9. The third kappa shape index (κ3) is 5.58. The summed E-state index contributed by atoms with van der Waals surface area (Å²) >= 11 is 0. The lowest BCUT2D eigenvalue weighted by Crippen LogP contribution is -2.48. The van der Waals surface area contributed by atoms with Crippen LogP contribution in [0, 0.1) is 6.92 Å². The van der Waals surface area contributed by atoms with Gasteiger partial charge in [0.15, 0.2) is 0 Å². The summed E-state index contributed by atoms with van der Waals surface area (Å²) in [6.07, 6.45) is 10.9. The Morgan fingerprint density at radius 1 is 0.868 bits per heavy atom. The number of rotatable bonds is 7.